The molecule has 1 saturated heterocycles. The van der Waals surface area contributed by atoms with Crippen molar-refractivity contribution in [1.29, 1.82) is 0 Å². The summed E-state index contributed by atoms with van der Waals surface area (Å²) in [6, 6.07) is 0. The second-order valence-corrected chi connectivity index (χ2v) is 6.22. The maximum absolute atomic E-state index is 4.60. The Bertz CT molecular complexity index is 802. The van der Waals surface area contributed by atoms with Crippen LogP contribution in [0.15, 0.2) is 24.9 Å². The van der Waals surface area contributed by atoms with Gasteiger partial charge in [-0.15, -0.1) is 0 Å². The maximum atomic E-state index is 4.60. The first-order chi connectivity index (χ1) is 10.7. The molecule has 1 unspecified atom stereocenters. The fraction of sp³-hybridized carbons (Fsp3) is 0.438. The van der Waals surface area contributed by atoms with Gasteiger partial charge in [0.2, 0.25) is 0 Å². The minimum Gasteiger partial charge on any atom is -0.356 e. The smallest absolute Gasteiger partial charge is 0.143 e. The highest BCUT2D eigenvalue weighted by Crippen LogP contribution is 2.34. The summed E-state index contributed by atoms with van der Waals surface area (Å²) >= 11 is 0. The predicted molar refractivity (Wildman–Crippen MR) is 86.7 cm³/mol. The molecule has 22 heavy (non-hydrogen) atoms. The van der Waals surface area contributed by atoms with Crippen LogP contribution in [0.5, 0.6) is 0 Å². The largest absolute Gasteiger partial charge is 0.356 e. The minimum absolute atomic E-state index is 0.708. The van der Waals surface area contributed by atoms with Gasteiger partial charge in [0.15, 0.2) is 0 Å². The quantitative estimate of drug-likeness (QED) is 0.789. The molecule has 0 radical (unpaired) electrons. The van der Waals surface area contributed by atoms with E-state index in [0.29, 0.717) is 5.92 Å². The molecule has 0 bridgehead atoms. The molecule has 4 heterocycles. The van der Waals surface area contributed by atoms with Gasteiger partial charge in [0.1, 0.15) is 17.8 Å². The fourth-order valence-electron chi connectivity index (χ4n) is 3.36. The monoisotopic (exact) mass is 296 g/mol. The number of piperidine rings is 1. The summed E-state index contributed by atoms with van der Waals surface area (Å²) in [6.45, 7) is 4.43. The van der Waals surface area contributed by atoms with Gasteiger partial charge in [0.25, 0.3) is 0 Å². The number of fused-ring (bicyclic) bond motifs is 1. The number of aryl methyl sites for hydroxylation is 1. The summed E-state index contributed by atoms with van der Waals surface area (Å²) in [6.07, 6.45) is 10.1. The van der Waals surface area contributed by atoms with Gasteiger partial charge < -0.3 is 9.88 Å². The molecule has 0 aliphatic carbocycles. The van der Waals surface area contributed by atoms with Gasteiger partial charge in [-0.05, 0) is 18.8 Å². The van der Waals surface area contributed by atoms with Crippen LogP contribution < -0.4 is 4.90 Å². The normalized spacial score (nSPS) is 19.0. The lowest BCUT2D eigenvalue weighted by atomic mass is 10.00. The van der Waals surface area contributed by atoms with Crippen LogP contribution in [0.3, 0.4) is 0 Å². The SMILES string of the molecule is CC1CCCN(c2ncnc3[nH]cc(-c4cnn(C)c4)c23)C1. The van der Waals surface area contributed by atoms with Crippen LogP contribution in [0.4, 0.5) is 5.82 Å². The van der Waals surface area contributed by atoms with Crippen molar-refractivity contribution in [2.24, 2.45) is 13.0 Å². The Kier molecular flexibility index (Phi) is 3.10. The third-order valence-electron chi connectivity index (χ3n) is 4.42. The number of nitrogens with zero attached hydrogens (tertiary/aromatic N) is 5. The number of H-pyrrole nitrogens is 1. The molecule has 1 atom stereocenters. The van der Waals surface area contributed by atoms with Crippen molar-refractivity contribution in [2.75, 3.05) is 18.0 Å². The maximum Gasteiger partial charge on any atom is 0.143 e. The third kappa shape index (κ3) is 2.15. The van der Waals surface area contributed by atoms with Crippen molar-refractivity contribution in [3.05, 3.63) is 24.9 Å². The molecule has 0 aromatic carbocycles. The van der Waals surface area contributed by atoms with Gasteiger partial charge in [0, 0.05) is 43.7 Å². The van der Waals surface area contributed by atoms with E-state index in [2.05, 4.69) is 31.9 Å². The fourth-order valence-corrected chi connectivity index (χ4v) is 3.36. The van der Waals surface area contributed by atoms with Crippen LogP contribution in [-0.2, 0) is 7.05 Å². The van der Waals surface area contributed by atoms with Crippen LogP contribution in [0.2, 0.25) is 0 Å². The Hall–Kier alpha value is -2.37. The Morgan fingerprint density at radius 1 is 1.32 bits per heavy atom. The minimum atomic E-state index is 0.708. The van der Waals surface area contributed by atoms with Crippen molar-refractivity contribution in [2.45, 2.75) is 19.8 Å². The number of aromatic amines is 1. The number of nitrogens with one attached hydrogen (secondary N) is 1. The molecule has 1 fully saturated rings. The molecule has 3 aromatic rings. The second-order valence-electron chi connectivity index (χ2n) is 6.22. The van der Waals surface area contributed by atoms with Crippen LogP contribution >= 0.6 is 0 Å². The Labute approximate surface area is 129 Å². The molecule has 1 aliphatic rings. The molecule has 114 valence electrons. The molecular weight excluding hydrogens is 276 g/mol. The van der Waals surface area contributed by atoms with E-state index in [-0.39, 0.29) is 0 Å². The van der Waals surface area contributed by atoms with Crippen LogP contribution in [0.1, 0.15) is 19.8 Å². The highest BCUT2D eigenvalue weighted by Gasteiger charge is 2.22. The standard InChI is InChI=1S/C16H20N6/c1-11-4-3-5-22(8-11)16-14-13(12-6-20-21(2)9-12)7-17-15(14)18-10-19-16/h6-7,9-11H,3-5,8H2,1-2H3,(H,17,18,19). The van der Waals surface area contributed by atoms with E-state index in [1.807, 2.05) is 30.3 Å². The summed E-state index contributed by atoms with van der Waals surface area (Å²) in [5.74, 6) is 1.75. The number of aromatic nitrogens is 5. The van der Waals surface area contributed by atoms with E-state index in [0.717, 1.165) is 41.1 Å². The topological polar surface area (TPSA) is 62.6 Å². The van der Waals surface area contributed by atoms with E-state index >= 15 is 0 Å². The van der Waals surface area contributed by atoms with Gasteiger partial charge in [-0.1, -0.05) is 6.92 Å². The van der Waals surface area contributed by atoms with Crippen LogP contribution in [0, 0.1) is 5.92 Å². The summed E-state index contributed by atoms with van der Waals surface area (Å²) < 4.78 is 1.82. The predicted octanol–water partition coefficient (Wildman–Crippen LogP) is 2.59. The van der Waals surface area contributed by atoms with Gasteiger partial charge in [-0.25, -0.2) is 9.97 Å². The van der Waals surface area contributed by atoms with E-state index < -0.39 is 0 Å². The number of anilines is 1. The van der Waals surface area contributed by atoms with E-state index in [1.165, 1.54) is 12.8 Å². The lowest BCUT2D eigenvalue weighted by Gasteiger charge is -2.32. The first-order valence-corrected chi connectivity index (χ1v) is 7.78. The lowest BCUT2D eigenvalue weighted by molar-refractivity contribution is 0.445. The van der Waals surface area contributed by atoms with E-state index in [4.69, 9.17) is 0 Å². The molecular formula is C16H20N6. The molecule has 6 heteroatoms. The molecule has 0 amide bonds. The van der Waals surface area contributed by atoms with Crippen molar-refractivity contribution < 1.29 is 0 Å². The third-order valence-corrected chi connectivity index (χ3v) is 4.42. The molecule has 3 aromatic heterocycles. The Balaban J connectivity index is 1.86. The highest BCUT2D eigenvalue weighted by molar-refractivity contribution is 6.00. The summed E-state index contributed by atoms with van der Waals surface area (Å²) in [4.78, 5) is 14.7. The second kappa shape index (κ2) is 5.12. The lowest BCUT2D eigenvalue weighted by Crippen LogP contribution is -2.35. The average molecular weight is 296 g/mol. The van der Waals surface area contributed by atoms with E-state index in [9.17, 15) is 0 Å². The number of rotatable bonds is 2. The van der Waals surface area contributed by atoms with Gasteiger partial charge in [-0.3, -0.25) is 4.68 Å². The molecule has 6 nitrogen and oxygen atoms in total. The molecule has 1 N–H and O–H groups in total. The summed E-state index contributed by atoms with van der Waals surface area (Å²) in [5, 5.41) is 5.38. The average Bonchev–Trinajstić information content (AvgIpc) is 3.12. The highest BCUT2D eigenvalue weighted by atomic mass is 15.2. The summed E-state index contributed by atoms with van der Waals surface area (Å²) in [7, 11) is 1.93. The molecule has 0 saturated carbocycles. The van der Waals surface area contributed by atoms with Gasteiger partial charge in [-0.2, -0.15) is 5.10 Å². The van der Waals surface area contributed by atoms with Gasteiger partial charge in [0.05, 0.1) is 11.6 Å². The Morgan fingerprint density at radius 2 is 2.23 bits per heavy atom. The first-order valence-electron chi connectivity index (χ1n) is 7.78. The van der Waals surface area contributed by atoms with E-state index in [1.54, 1.807) is 6.33 Å². The molecule has 1 aliphatic heterocycles. The molecule has 0 spiro atoms. The van der Waals surface area contributed by atoms with Crippen molar-refractivity contribution >= 4 is 16.9 Å². The Morgan fingerprint density at radius 3 is 3.00 bits per heavy atom. The van der Waals surface area contributed by atoms with Crippen molar-refractivity contribution in [1.82, 2.24) is 24.7 Å². The van der Waals surface area contributed by atoms with Crippen molar-refractivity contribution in [3.8, 4) is 11.1 Å². The zero-order valence-corrected chi connectivity index (χ0v) is 13.0. The molecule has 4 rings (SSSR count). The number of hydrogen-bond acceptors (Lipinski definition) is 4. The van der Waals surface area contributed by atoms with Crippen LogP contribution in [-0.4, -0.2) is 37.8 Å². The van der Waals surface area contributed by atoms with Gasteiger partial charge >= 0.3 is 0 Å². The number of hydrogen-bond donors (Lipinski definition) is 1. The zero-order chi connectivity index (χ0) is 15.1. The summed E-state index contributed by atoms with van der Waals surface area (Å²) in [5.41, 5.74) is 3.11. The zero-order valence-electron chi connectivity index (χ0n) is 13.0. The first kappa shape index (κ1) is 13.3. The van der Waals surface area contributed by atoms with Crippen molar-refractivity contribution in [3.63, 3.8) is 0 Å². The van der Waals surface area contributed by atoms with Crippen LogP contribution in [0.25, 0.3) is 22.2 Å².